The van der Waals surface area contributed by atoms with Crippen molar-refractivity contribution in [3.8, 4) is 16.9 Å². The summed E-state index contributed by atoms with van der Waals surface area (Å²) in [4.78, 5) is 12.1. The Bertz CT molecular complexity index is 637. The molecule has 3 rings (SSSR count). The number of para-hydroxylation sites is 1. The van der Waals surface area contributed by atoms with E-state index in [9.17, 15) is 4.79 Å². The van der Waals surface area contributed by atoms with E-state index in [4.69, 9.17) is 4.74 Å². The van der Waals surface area contributed by atoms with Gasteiger partial charge in [0.2, 0.25) is 0 Å². The van der Waals surface area contributed by atoms with E-state index in [-0.39, 0.29) is 18.6 Å². The first-order valence-corrected chi connectivity index (χ1v) is 8.10. The number of piperidine rings is 1. The smallest absolute Gasteiger partial charge is 0.258 e. The standard InChI is InChI=1S/C19H22N2O2/c22-19(21-16-10-12-20-13-11-16)14-23-18-9-5-4-8-17(18)15-6-2-1-3-7-15/h1-9,16,20H,10-14H2,(H,21,22). The van der Waals surface area contributed by atoms with Gasteiger partial charge >= 0.3 is 0 Å². The van der Waals surface area contributed by atoms with Gasteiger partial charge in [-0.05, 0) is 37.6 Å². The Morgan fingerprint density at radius 2 is 1.74 bits per heavy atom. The van der Waals surface area contributed by atoms with Crippen molar-refractivity contribution in [1.29, 1.82) is 0 Å². The number of ether oxygens (including phenoxy) is 1. The monoisotopic (exact) mass is 310 g/mol. The quantitative estimate of drug-likeness (QED) is 0.892. The Balaban J connectivity index is 1.61. The summed E-state index contributed by atoms with van der Waals surface area (Å²) >= 11 is 0. The van der Waals surface area contributed by atoms with Crippen molar-refractivity contribution in [1.82, 2.24) is 10.6 Å². The number of carbonyl (C=O) groups excluding carboxylic acids is 1. The van der Waals surface area contributed by atoms with Crippen molar-refractivity contribution in [3.63, 3.8) is 0 Å². The predicted molar refractivity (Wildman–Crippen MR) is 91.4 cm³/mol. The second kappa shape index (κ2) is 7.79. The van der Waals surface area contributed by atoms with Gasteiger partial charge in [0.15, 0.2) is 6.61 Å². The van der Waals surface area contributed by atoms with Gasteiger partial charge in [-0.2, -0.15) is 0 Å². The predicted octanol–water partition coefficient (Wildman–Crippen LogP) is 2.60. The molecule has 1 aliphatic rings. The van der Waals surface area contributed by atoms with Crippen LogP contribution in [0.1, 0.15) is 12.8 Å². The lowest BCUT2D eigenvalue weighted by Gasteiger charge is -2.23. The van der Waals surface area contributed by atoms with E-state index < -0.39 is 0 Å². The van der Waals surface area contributed by atoms with Crippen LogP contribution in [0.4, 0.5) is 0 Å². The molecule has 0 aliphatic carbocycles. The number of rotatable bonds is 5. The van der Waals surface area contributed by atoms with Gasteiger partial charge in [0, 0.05) is 11.6 Å². The lowest BCUT2D eigenvalue weighted by atomic mass is 10.1. The number of hydrogen-bond donors (Lipinski definition) is 2. The maximum absolute atomic E-state index is 12.1. The highest BCUT2D eigenvalue weighted by Gasteiger charge is 2.16. The van der Waals surface area contributed by atoms with Crippen LogP contribution in [-0.2, 0) is 4.79 Å². The summed E-state index contributed by atoms with van der Waals surface area (Å²) in [5.74, 6) is 0.680. The maximum atomic E-state index is 12.1. The molecule has 0 unspecified atom stereocenters. The molecule has 2 N–H and O–H groups in total. The lowest BCUT2D eigenvalue weighted by molar-refractivity contribution is -0.123. The molecule has 2 aromatic carbocycles. The van der Waals surface area contributed by atoms with Gasteiger partial charge in [-0.15, -0.1) is 0 Å². The average Bonchev–Trinajstić information content (AvgIpc) is 2.62. The molecule has 4 heteroatoms. The summed E-state index contributed by atoms with van der Waals surface area (Å²) in [7, 11) is 0. The van der Waals surface area contributed by atoms with E-state index in [1.165, 1.54) is 0 Å². The van der Waals surface area contributed by atoms with Gasteiger partial charge in [-0.3, -0.25) is 4.79 Å². The fraction of sp³-hybridized carbons (Fsp3) is 0.316. The van der Waals surface area contributed by atoms with Crippen molar-refractivity contribution in [2.75, 3.05) is 19.7 Å². The molecule has 0 saturated carbocycles. The molecule has 23 heavy (non-hydrogen) atoms. The molecular formula is C19H22N2O2. The van der Waals surface area contributed by atoms with E-state index in [2.05, 4.69) is 10.6 Å². The molecule has 120 valence electrons. The van der Waals surface area contributed by atoms with Crippen LogP contribution in [0.15, 0.2) is 54.6 Å². The Morgan fingerprint density at radius 3 is 2.52 bits per heavy atom. The third-order valence-electron chi connectivity index (χ3n) is 4.03. The van der Waals surface area contributed by atoms with Crippen LogP contribution < -0.4 is 15.4 Å². The maximum Gasteiger partial charge on any atom is 0.258 e. The zero-order chi connectivity index (χ0) is 15.9. The van der Waals surface area contributed by atoms with Crippen molar-refractivity contribution in [2.24, 2.45) is 0 Å². The average molecular weight is 310 g/mol. The van der Waals surface area contributed by atoms with Crippen molar-refractivity contribution >= 4 is 5.91 Å². The van der Waals surface area contributed by atoms with Crippen LogP contribution >= 0.6 is 0 Å². The lowest BCUT2D eigenvalue weighted by Crippen LogP contribution is -2.44. The minimum atomic E-state index is -0.0558. The normalized spacial score (nSPS) is 15.1. The van der Waals surface area contributed by atoms with Crippen LogP contribution in [-0.4, -0.2) is 31.6 Å². The Kier molecular flexibility index (Phi) is 5.27. The summed E-state index contributed by atoms with van der Waals surface area (Å²) in [5.41, 5.74) is 2.09. The topological polar surface area (TPSA) is 50.4 Å². The van der Waals surface area contributed by atoms with Crippen LogP contribution in [0.25, 0.3) is 11.1 Å². The zero-order valence-electron chi connectivity index (χ0n) is 13.1. The number of amides is 1. The zero-order valence-corrected chi connectivity index (χ0v) is 13.1. The molecule has 4 nitrogen and oxygen atoms in total. The second-order valence-corrected chi connectivity index (χ2v) is 5.74. The highest BCUT2D eigenvalue weighted by molar-refractivity contribution is 5.78. The molecule has 1 fully saturated rings. The van der Waals surface area contributed by atoms with Crippen molar-refractivity contribution in [3.05, 3.63) is 54.6 Å². The van der Waals surface area contributed by atoms with Crippen molar-refractivity contribution in [2.45, 2.75) is 18.9 Å². The largest absolute Gasteiger partial charge is 0.483 e. The molecule has 0 bridgehead atoms. The second-order valence-electron chi connectivity index (χ2n) is 5.74. The minimum absolute atomic E-state index is 0.0494. The summed E-state index contributed by atoms with van der Waals surface area (Å²) in [6.45, 7) is 1.97. The molecule has 0 radical (unpaired) electrons. The summed E-state index contributed by atoms with van der Waals surface area (Å²) in [6.07, 6.45) is 1.96. The molecule has 1 amide bonds. The summed E-state index contributed by atoms with van der Waals surface area (Å²) in [6, 6.07) is 18.1. The van der Waals surface area contributed by atoms with E-state index in [1.54, 1.807) is 0 Å². The van der Waals surface area contributed by atoms with Gasteiger partial charge < -0.3 is 15.4 Å². The first kappa shape index (κ1) is 15.6. The van der Waals surface area contributed by atoms with Gasteiger partial charge in [0.05, 0.1) is 0 Å². The van der Waals surface area contributed by atoms with Crippen LogP contribution in [0.5, 0.6) is 5.75 Å². The van der Waals surface area contributed by atoms with Crippen LogP contribution in [0.3, 0.4) is 0 Å². The molecule has 0 atom stereocenters. The molecule has 0 spiro atoms. The fourth-order valence-electron chi connectivity index (χ4n) is 2.83. The van der Waals surface area contributed by atoms with Crippen LogP contribution in [0, 0.1) is 0 Å². The Hall–Kier alpha value is -2.33. The first-order valence-electron chi connectivity index (χ1n) is 8.10. The SMILES string of the molecule is O=C(COc1ccccc1-c1ccccc1)NC1CCNCC1. The van der Waals surface area contributed by atoms with E-state index in [1.807, 2.05) is 54.6 Å². The Labute approximate surface area is 136 Å². The Morgan fingerprint density at radius 1 is 1.04 bits per heavy atom. The van der Waals surface area contributed by atoms with Gasteiger partial charge in [0.25, 0.3) is 5.91 Å². The number of nitrogens with one attached hydrogen (secondary N) is 2. The van der Waals surface area contributed by atoms with E-state index >= 15 is 0 Å². The van der Waals surface area contributed by atoms with Gasteiger partial charge in [0.1, 0.15) is 5.75 Å². The van der Waals surface area contributed by atoms with Gasteiger partial charge in [-0.25, -0.2) is 0 Å². The molecule has 1 saturated heterocycles. The number of benzene rings is 2. The third-order valence-corrected chi connectivity index (χ3v) is 4.03. The van der Waals surface area contributed by atoms with Crippen molar-refractivity contribution < 1.29 is 9.53 Å². The van der Waals surface area contributed by atoms with E-state index in [0.29, 0.717) is 0 Å². The molecule has 1 aliphatic heterocycles. The fourth-order valence-corrected chi connectivity index (χ4v) is 2.83. The van der Waals surface area contributed by atoms with Crippen LogP contribution in [0.2, 0.25) is 0 Å². The van der Waals surface area contributed by atoms with Gasteiger partial charge in [-0.1, -0.05) is 48.5 Å². The third kappa shape index (κ3) is 4.33. The molecule has 1 heterocycles. The number of carbonyl (C=O) groups is 1. The molecule has 2 aromatic rings. The summed E-state index contributed by atoms with van der Waals surface area (Å²) in [5, 5.41) is 6.33. The molecule has 0 aromatic heterocycles. The highest BCUT2D eigenvalue weighted by atomic mass is 16.5. The molecular weight excluding hydrogens is 288 g/mol. The highest BCUT2D eigenvalue weighted by Crippen LogP contribution is 2.29. The number of hydrogen-bond acceptors (Lipinski definition) is 3. The summed E-state index contributed by atoms with van der Waals surface area (Å²) < 4.78 is 5.77. The van der Waals surface area contributed by atoms with E-state index in [0.717, 1.165) is 42.8 Å². The first-order chi connectivity index (χ1) is 11.3. The minimum Gasteiger partial charge on any atom is -0.483 e.